The number of hydrogen-bond acceptors (Lipinski definition) is 2. The van der Waals surface area contributed by atoms with Crippen LogP contribution in [-0.2, 0) is 9.47 Å². The smallest absolute Gasteiger partial charge is 0.178 e. The van der Waals surface area contributed by atoms with E-state index in [-0.39, 0.29) is 11.2 Å². The molecule has 98 valence electrons. The minimum atomic E-state index is -0.280. The van der Waals surface area contributed by atoms with E-state index in [2.05, 4.69) is 39.8 Å². The Morgan fingerprint density at radius 1 is 1.24 bits per heavy atom. The molecule has 2 aliphatic rings. The van der Waals surface area contributed by atoms with Gasteiger partial charge in [0.2, 0.25) is 0 Å². The summed E-state index contributed by atoms with van der Waals surface area (Å²) in [4.78, 5) is 0. The molecule has 0 aromatic heterocycles. The highest BCUT2D eigenvalue weighted by Gasteiger charge is 2.65. The lowest BCUT2D eigenvalue weighted by molar-refractivity contribution is -0.253. The quantitative estimate of drug-likeness (QED) is 0.548. The molecule has 0 aromatic rings. The predicted octanol–water partition coefficient (Wildman–Crippen LogP) is 3.77. The molecule has 2 nitrogen and oxygen atoms in total. The van der Waals surface area contributed by atoms with Crippen molar-refractivity contribution in [2.45, 2.75) is 52.7 Å². The van der Waals surface area contributed by atoms with Gasteiger partial charge in [-0.15, -0.1) is 0 Å². The molecule has 0 amide bonds. The summed E-state index contributed by atoms with van der Waals surface area (Å²) in [6, 6.07) is 0. The van der Waals surface area contributed by atoms with Gasteiger partial charge in [-0.1, -0.05) is 52.7 Å². The van der Waals surface area contributed by atoms with E-state index in [0.29, 0.717) is 11.8 Å². The maximum Gasteiger partial charge on any atom is 0.178 e. The molecule has 0 radical (unpaired) electrons. The monoisotopic (exact) mass is 238 g/mol. The van der Waals surface area contributed by atoms with Crippen molar-refractivity contribution >= 4 is 0 Å². The highest BCUT2D eigenvalue weighted by molar-refractivity contribution is 5.16. The average Bonchev–Trinajstić information content (AvgIpc) is 2.84. The predicted molar refractivity (Wildman–Crippen MR) is 69.7 cm³/mol. The number of hydrogen-bond donors (Lipinski definition) is 0. The van der Waals surface area contributed by atoms with Gasteiger partial charge in [0.15, 0.2) is 5.79 Å². The molecule has 1 heterocycles. The SMILES string of the molecule is CCCC/C=C/[C@@H]1[C@H](C)C12OCC(C)(C)CO2. The lowest BCUT2D eigenvalue weighted by Gasteiger charge is -2.36. The molecule has 2 fully saturated rings. The van der Waals surface area contributed by atoms with Crippen LogP contribution in [0.4, 0.5) is 0 Å². The van der Waals surface area contributed by atoms with Gasteiger partial charge < -0.3 is 9.47 Å². The lowest BCUT2D eigenvalue weighted by atomic mass is 9.95. The zero-order valence-corrected chi connectivity index (χ0v) is 11.7. The summed E-state index contributed by atoms with van der Waals surface area (Å²) < 4.78 is 12.0. The Morgan fingerprint density at radius 3 is 2.47 bits per heavy atom. The number of rotatable bonds is 4. The molecule has 0 unspecified atom stereocenters. The minimum absolute atomic E-state index is 0.171. The largest absolute Gasteiger partial charge is 0.348 e. The first-order valence-corrected chi connectivity index (χ1v) is 6.96. The Kier molecular flexibility index (Phi) is 3.65. The van der Waals surface area contributed by atoms with Crippen LogP contribution in [0.1, 0.15) is 47.0 Å². The van der Waals surface area contributed by atoms with E-state index in [1.807, 2.05) is 0 Å². The maximum absolute atomic E-state index is 6.00. The van der Waals surface area contributed by atoms with Crippen LogP contribution in [-0.4, -0.2) is 19.0 Å². The molecular weight excluding hydrogens is 212 g/mol. The summed E-state index contributed by atoms with van der Waals surface area (Å²) in [7, 11) is 0. The minimum Gasteiger partial charge on any atom is -0.348 e. The van der Waals surface area contributed by atoms with E-state index in [9.17, 15) is 0 Å². The van der Waals surface area contributed by atoms with Gasteiger partial charge in [0.1, 0.15) is 0 Å². The van der Waals surface area contributed by atoms with Gasteiger partial charge >= 0.3 is 0 Å². The fourth-order valence-corrected chi connectivity index (χ4v) is 2.55. The van der Waals surface area contributed by atoms with Crippen LogP contribution < -0.4 is 0 Å². The van der Waals surface area contributed by atoms with E-state index < -0.39 is 0 Å². The standard InChI is InChI=1S/C15H26O2/c1-5-6-7-8-9-13-12(2)15(13)16-10-14(3,4)11-17-15/h8-9,12-13H,5-7,10-11H2,1-4H3/b9-8+/t12-,13+/m0/s1. The maximum atomic E-state index is 6.00. The molecule has 1 aliphatic carbocycles. The number of ether oxygens (including phenoxy) is 2. The Bertz CT molecular complexity index is 283. The third-order valence-electron chi connectivity index (χ3n) is 3.97. The Balaban J connectivity index is 1.85. The van der Waals surface area contributed by atoms with Crippen molar-refractivity contribution < 1.29 is 9.47 Å². The molecule has 1 aliphatic heterocycles. The summed E-state index contributed by atoms with van der Waals surface area (Å²) >= 11 is 0. The van der Waals surface area contributed by atoms with Gasteiger partial charge in [0.25, 0.3) is 0 Å². The van der Waals surface area contributed by atoms with Crippen molar-refractivity contribution in [3.63, 3.8) is 0 Å². The average molecular weight is 238 g/mol. The van der Waals surface area contributed by atoms with Crippen LogP contribution in [0.15, 0.2) is 12.2 Å². The third-order valence-corrected chi connectivity index (χ3v) is 3.97. The summed E-state index contributed by atoms with van der Waals surface area (Å²) in [5.74, 6) is 0.699. The van der Waals surface area contributed by atoms with E-state index in [1.54, 1.807) is 0 Å². The number of allylic oxidation sites excluding steroid dienone is 1. The zero-order chi connectivity index (χ0) is 12.5. The molecule has 2 atom stereocenters. The molecule has 1 saturated carbocycles. The topological polar surface area (TPSA) is 18.5 Å². The first kappa shape index (κ1) is 13.1. The molecule has 1 saturated heterocycles. The first-order chi connectivity index (χ1) is 8.02. The van der Waals surface area contributed by atoms with Crippen molar-refractivity contribution in [3.05, 3.63) is 12.2 Å². The Morgan fingerprint density at radius 2 is 1.88 bits per heavy atom. The fraction of sp³-hybridized carbons (Fsp3) is 0.867. The second kappa shape index (κ2) is 4.74. The van der Waals surface area contributed by atoms with Gasteiger partial charge in [-0.25, -0.2) is 0 Å². The number of unbranched alkanes of at least 4 members (excludes halogenated alkanes) is 2. The molecule has 2 rings (SSSR count). The molecule has 0 bridgehead atoms. The second-order valence-corrected chi connectivity index (χ2v) is 6.35. The van der Waals surface area contributed by atoms with Crippen molar-refractivity contribution in [3.8, 4) is 0 Å². The van der Waals surface area contributed by atoms with E-state index in [0.717, 1.165) is 13.2 Å². The van der Waals surface area contributed by atoms with Gasteiger partial charge in [-0.3, -0.25) is 0 Å². The van der Waals surface area contributed by atoms with E-state index in [4.69, 9.17) is 9.47 Å². The highest BCUT2D eigenvalue weighted by Crippen LogP contribution is 2.57. The normalized spacial score (nSPS) is 34.4. The molecule has 1 spiro atoms. The Labute approximate surface area is 105 Å². The van der Waals surface area contributed by atoms with Crippen LogP contribution in [0.25, 0.3) is 0 Å². The first-order valence-electron chi connectivity index (χ1n) is 6.96. The van der Waals surface area contributed by atoms with Crippen LogP contribution in [0, 0.1) is 17.3 Å². The van der Waals surface area contributed by atoms with Crippen molar-refractivity contribution in [2.24, 2.45) is 17.3 Å². The summed E-state index contributed by atoms with van der Waals surface area (Å²) in [6.45, 7) is 10.5. The van der Waals surface area contributed by atoms with Gasteiger partial charge in [-0.2, -0.15) is 0 Å². The van der Waals surface area contributed by atoms with Crippen LogP contribution >= 0.6 is 0 Å². The van der Waals surface area contributed by atoms with E-state index >= 15 is 0 Å². The molecule has 0 N–H and O–H groups in total. The van der Waals surface area contributed by atoms with Crippen LogP contribution in [0.5, 0.6) is 0 Å². The lowest BCUT2D eigenvalue weighted by Crippen LogP contribution is -2.40. The summed E-state index contributed by atoms with van der Waals surface area (Å²) in [5, 5.41) is 0. The zero-order valence-electron chi connectivity index (χ0n) is 11.7. The van der Waals surface area contributed by atoms with Crippen molar-refractivity contribution in [1.82, 2.24) is 0 Å². The third kappa shape index (κ3) is 2.58. The summed E-state index contributed by atoms with van der Waals surface area (Å²) in [5.41, 5.74) is 0.171. The van der Waals surface area contributed by atoms with Gasteiger partial charge in [-0.05, 0) is 6.42 Å². The van der Waals surface area contributed by atoms with Crippen molar-refractivity contribution in [1.29, 1.82) is 0 Å². The molecule has 2 heteroatoms. The highest BCUT2D eigenvalue weighted by atomic mass is 16.7. The molecule has 17 heavy (non-hydrogen) atoms. The van der Waals surface area contributed by atoms with Crippen LogP contribution in [0.3, 0.4) is 0 Å². The second-order valence-electron chi connectivity index (χ2n) is 6.35. The molecular formula is C15H26O2. The summed E-state index contributed by atoms with van der Waals surface area (Å²) in [6.07, 6.45) is 8.32. The van der Waals surface area contributed by atoms with E-state index in [1.165, 1.54) is 19.3 Å². The molecule has 0 aromatic carbocycles. The van der Waals surface area contributed by atoms with Gasteiger partial charge in [0.05, 0.1) is 13.2 Å². The van der Waals surface area contributed by atoms with Crippen molar-refractivity contribution in [2.75, 3.05) is 13.2 Å². The van der Waals surface area contributed by atoms with Crippen LogP contribution in [0.2, 0.25) is 0 Å². The van der Waals surface area contributed by atoms with Gasteiger partial charge in [0, 0.05) is 17.3 Å². The fourth-order valence-electron chi connectivity index (χ4n) is 2.55. The Hall–Kier alpha value is -0.340.